The van der Waals surface area contributed by atoms with Gasteiger partial charge in [-0.1, -0.05) is 64.1 Å². The Labute approximate surface area is 165 Å². The average Bonchev–Trinajstić information content (AvgIpc) is 2.67. The van der Waals surface area contributed by atoms with Crippen LogP contribution in [-0.2, 0) is 12.0 Å². The van der Waals surface area contributed by atoms with Gasteiger partial charge >= 0.3 is 0 Å². The van der Waals surface area contributed by atoms with Crippen LogP contribution in [0, 0.1) is 5.41 Å². The molecule has 3 N–H and O–H groups in total. The van der Waals surface area contributed by atoms with Gasteiger partial charge in [-0.05, 0) is 53.5 Å². The lowest BCUT2D eigenvalue weighted by Gasteiger charge is -2.40. The predicted molar refractivity (Wildman–Crippen MR) is 118 cm³/mol. The summed E-state index contributed by atoms with van der Waals surface area (Å²) in [4.78, 5) is 2.51. The van der Waals surface area contributed by atoms with E-state index in [0.29, 0.717) is 5.41 Å². The maximum absolute atomic E-state index is 5.98. The van der Waals surface area contributed by atoms with Crippen LogP contribution in [0.15, 0.2) is 48.5 Å². The quantitative estimate of drug-likeness (QED) is 0.769. The summed E-state index contributed by atoms with van der Waals surface area (Å²) in [6, 6.07) is 17.6. The highest BCUT2D eigenvalue weighted by molar-refractivity contribution is 5.70. The minimum atomic E-state index is 0.178. The Balaban J connectivity index is 1.70. The lowest BCUT2D eigenvalue weighted by atomic mass is 9.80. The molecule has 27 heavy (non-hydrogen) atoms. The summed E-state index contributed by atoms with van der Waals surface area (Å²) in [6.07, 6.45) is 2.32. The van der Waals surface area contributed by atoms with Gasteiger partial charge in [-0.25, -0.2) is 0 Å². The summed E-state index contributed by atoms with van der Waals surface area (Å²) in [5.41, 5.74) is 11.7. The lowest BCUT2D eigenvalue weighted by Crippen LogP contribution is -2.42. The van der Waals surface area contributed by atoms with E-state index in [0.717, 1.165) is 39.0 Å². The standard InChI is InChI=1S/C24H35N3/c1-23(2,3)20-9-7-8-19(16-20)17-26-21-10-5-6-11-22(21)27-14-12-24(4,18-25)13-15-27/h5-11,16,26H,12-15,17-18,25H2,1-4H3. The Bertz CT molecular complexity index is 752. The van der Waals surface area contributed by atoms with Crippen molar-refractivity contribution in [2.75, 3.05) is 29.9 Å². The summed E-state index contributed by atoms with van der Waals surface area (Å²) in [5.74, 6) is 0. The third kappa shape index (κ3) is 4.84. The maximum atomic E-state index is 5.98. The lowest BCUT2D eigenvalue weighted by molar-refractivity contribution is 0.258. The van der Waals surface area contributed by atoms with Crippen LogP contribution in [0.1, 0.15) is 51.7 Å². The van der Waals surface area contributed by atoms with Crippen molar-refractivity contribution >= 4 is 11.4 Å². The monoisotopic (exact) mass is 365 g/mol. The van der Waals surface area contributed by atoms with Crippen molar-refractivity contribution < 1.29 is 0 Å². The van der Waals surface area contributed by atoms with Crippen LogP contribution in [-0.4, -0.2) is 19.6 Å². The van der Waals surface area contributed by atoms with Crippen LogP contribution in [0.3, 0.4) is 0 Å². The van der Waals surface area contributed by atoms with E-state index in [1.807, 2.05) is 0 Å². The van der Waals surface area contributed by atoms with E-state index in [2.05, 4.69) is 86.4 Å². The van der Waals surface area contributed by atoms with Crippen LogP contribution in [0.2, 0.25) is 0 Å². The Kier molecular flexibility index (Phi) is 5.81. The second kappa shape index (κ2) is 7.93. The smallest absolute Gasteiger partial charge is 0.0602 e. The number of nitrogens with zero attached hydrogens (tertiary/aromatic N) is 1. The van der Waals surface area contributed by atoms with Gasteiger partial charge in [0.05, 0.1) is 11.4 Å². The van der Waals surface area contributed by atoms with Gasteiger partial charge in [0.2, 0.25) is 0 Å². The van der Waals surface area contributed by atoms with Crippen molar-refractivity contribution in [2.45, 2.75) is 52.5 Å². The fourth-order valence-corrected chi connectivity index (χ4v) is 3.74. The second-order valence-corrected chi connectivity index (χ2v) is 9.32. The van der Waals surface area contributed by atoms with E-state index in [1.165, 1.54) is 22.5 Å². The molecule has 1 aliphatic heterocycles. The highest BCUT2D eigenvalue weighted by Gasteiger charge is 2.29. The minimum Gasteiger partial charge on any atom is -0.379 e. The largest absolute Gasteiger partial charge is 0.379 e. The molecule has 0 radical (unpaired) electrons. The topological polar surface area (TPSA) is 41.3 Å². The fraction of sp³-hybridized carbons (Fsp3) is 0.500. The number of nitrogens with two attached hydrogens (primary N) is 1. The van der Waals surface area contributed by atoms with Gasteiger partial charge in [-0.2, -0.15) is 0 Å². The number of para-hydroxylation sites is 2. The molecule has 0 saturated carbocycles. The summed E-state index contributed by atoms with van der Waals surface area (Å²) in [5, 5.41) is 3.67. The van der Waals surface area contributed by atoms with Gasteiger partial charge in [0.1, 0.15) is 0 Å². The average molecular weight is 366 g/mol. The van der Waals surface area contributed by atoms with E-state index in [4.69, 9.17) is 5.73 Å². The zero-order chi connectivity index (χ0) is 19.5. The van der Waals surface area contributed by atoms with Crippen LogP contribution in [0.4, 0.5) is 11.4 Å². The molecule has 1 aliphatic rings. The van der Waals surface area contributed by atoms with Gasteiger partial charge in [0.15, 0.2) is 0 Å². The molecule has 0 amide bonds. The summed E-state index contributed by atoms with van der Waals surface area (Å²) in [6.45, 7) is 12.9. The number of hydrogen-bond donors (Lipinski definition) is 2. The van der Waals surface area contributed by atoms with Crippen LogP contribution < -0.4 is 16.0 Å². The molecule has 146 valence electrons. The third-order valence-electron chi connectivity index (χ3n) is 5.98. The molecule has 1 fully saturated rings. The Morgan fingerprint density at radius 1 is 1.04 bits per heavy atom. The van der Waals surface area contributed by atoms with Crippen molar-refractivity contribution in [1.29, 1.82) is 0 Å². The van der Waals surface area contributed by atoms with Gasteiger partial charge in [0.25, 0.3) is 0 Å². The molecule has 0 bridgehead atoms. The van der Waals surface area contributed by atoms with E-state index >= 15 is 0 Å². The van der Waals surface area contributed by atoms with E-state index < -0.39 is 0 Å². The van der Waals surface area contributed by atoms with Gasteiger partial charge in [0, 0.05) is 19.6 Å². The van der Waals surface area contributed by atoms with Crippen LogP contribution in [0.25, 0.3) is 0 Å². The number of benzene rings is 2. The molecular formula is C24H35N3. The summed E-state index contributed by atoms with van der Waals surface area (Å²) >= 11 is 0. The Morgan fingerprint density at radius 3 is 2.41 bits per heavy atom. The zero-order valence-corrected chi connectivity index (χ0v) is 17.4. The first-order valence-electron chi connectivity index (χ1n) is 10.2. The molecule has 3 nitrogen and oxygen atoms in total. The SMILES string of the molecule is CC1(CN)CCN(c2ccccc2NCc2cccc(C(C)(C)C)c2)CC1. The van der Waals surface area contributed by atoms with E-state index in [9.17, 15) is 0 Å². The number of piperidine rings is 1. The molecule has 0 unspecified atom stereocenters. The summed E-state index contributed by atoms with van der Waals surface area (Å²) < 4.78 is 0. The molecule has 1 heterocycles. The number of anilines is 2. The Hall–Kier alpha value is -2.00. The van der Waals surface area contributed by atoms with E-state index in [-0.39, 0.29) is 5.41 Å². The fourth-order valence-electron chi connectivity index (χ4n) is 3.74. The molecule has 3 rings (SSSR count). The van der Waals surface area contributed by atoms with Crippen LogP contribution >= 0.6 is 0 Å². The molecule has 0 aromatic heterocycles. The maximum Gasteiger partial charge on any atom is 0.0602 e. The first-order valence-corrected chi connectivity index (χ1v) is 10.2. The van der Waals surface area contributed by atoms with Crippen LogP contribution in [0.5, 0.6) is 0 Å². The second-order valence-electron chi connectivity index (χ2n) is 9.32. The minimum absolute atomic E-state index is 0.178. The molecular weight excluding hydrogens is 330 g/mol. The third-order valence-corrected chi connectivity index (χ3v) is 5.98. The molecule has 0 aliphatic carbocycles. The predicted octanol–water partition coefficient (Wildman–Crippen LogP) is 5.16. The highest BCUT2D eigenvalue weighted by Crippen LogP contribution is 2.35. The first-order chi connectivity index (χ1) is 12.8. The van der Waals surface area contributed by atoms with Crippen molar-refractivity contribution in [1.82, 2.24) is 0 Å². The number of hydrogen-bond acceptors (Lipinski definition) is 3. The van der Waals surface area contributed by atoms with Crippen molar-refractivity contribution in [3.63, 3.8) is 0 Å². The van der Waals surface area contributed by atoms with Gasteiger partial charge in [-0.15, -0.1) is 0 Å². The van der Waals surface area contributed by atoms with Crippen molar-refractivity contribution in [3.05, 3.63) is 59.7 Å². The first kappa shape index (κ1) is 19.8. The van der Waals surface area contributed by atoms with Gasteiger partial charge in [-0.3, -0.25) is 0 Å². The van der Waals surface area contributed by atoms with Gasteiger partial charge < -0.3 is 16.0 Å². The summed E-state index contributed by atoms with van der Waals surface area (Å²) in [7, 11) is 0. The number of rotatable bonds is 5. The molecule has 0 atom stereocenters. The highest BCUT2D eigenvalue weighted by atomic mass is 15.2. The Morgan fingerprint density at radius 2 is 1.74 bits per heavy atom. The molecule has 0 spiro atoms. The van der Waals surface area contributed by atoms with Crippen molar-refractivity contribution in [2.24, 2.45) is 11.1 Å². The molecule has 1 saturated heterocycles. The van der Waals surface area contributed by atoms with E-state index in [1.54, 1.807) is 0 Å². The van der Waals surface area contributed by atoms with Crippen molar-refractivity contribution in [3.8, 4) is 0 Å². The zero-order valence-electron chi connectivity index (χ0n) is 17.4. The molecule has 3 heteroatoms. The molecule has 2 aromatic carbocycles. The normalized spacial score (nSPS) is 17.0. The number of nitrogens with one attached hydrogen (secondary N) is 1. The molecule has 2 aromatic rings.